The van der Waals surface area contributed by atoms with Crippen molar-refractivity contribution in [1.29, 1.82) is 0 Å². The van der Waals surface area contributed by atoms with Gasteiger partial charge < -0.3 is 19.1 Å². The van der Waals surface area contributed by atoms with E-state index in [0.717, 1.165) is 61.3 Å². The van der Waals surface area contributed by atoms with Crippen LogP contribution in [0.25, 0.3) is 49.9 Å². The summed E-state index contributed by atoms with van der Waals surface area (Å²) in [7, 11) is 0. The zero-order valence-corrected chi connectivity index (χ0v) is 37.8. The van der Waals surface area contributed by atoms with Crippen molar-refractivity contribution in [3.8, 4) is 39.6 Å². The molecule has 7 aromatic carbocycles. The average Bonchev–Trinajstić information content (AvgIpc) is 3.83. The standard InChI is InChI=1S/C56H47N4O.Pt/c1-55(2,3)40-27-30-49-48(33-40)47-29-28-44(36-52(47)60(49)53-34-41(31-32-57-53)56(4,5)6)61-43-22-15-21-42(35-43)58-37-59(51-26-14-13-25-50(51)58)54-45(38-17-9-7-10-18-38)23-16-24-46(54)39-19-11-8-12-20-39;/h7-34,37H,1-6H3;/q-3;/i31D,32D,34D;. The van der Waals surface area contributed by atoms with Gasteiger partial charge in [0.15, 0.2) is 0 Å². The Morgan fingerprint density at radius 1 is 0.597 bits per heavy atom. The SMILES string of the molecule is [2H]c1nc(-n2c3[c-]c(Oc4[c-]c(N5[CH-]N(c6c(-c7ccccc7)cccc6-c6ccccc6)c6ccccc65)ccc4)ccc3c3cc(C(C)(C)C)ccc32)c([2H])c(C(C)(C)C)c1[2H].[Pt]. The van der Waals surface area contributed by atoms with Gasteiger partial charge in [0.1, 0.15) is 5.82 Å². The molecule has 9 aromatic rings. The van der Waals surface area contributed by atoms with E-state index in [1.807, 2.05) is 67.8 Å². The number of nitrogens with zero attached hydrogens (tertiary/aromatic N) is 4. The van der Waals surface area contributed by atoms with Crippen LogP contribution in [0.3, 0.4) is 0 Å². The van der Waals surface area contributed by atoms with Gasteiger partial charge in [-0.15, -0.1) is 48.1 Å². The zero-order chi connectivity index (χ0) is 44.5. The van der Waals surface area contributed by atoms with Crippen LogP contribution in [-0.2, 0) is 31.9 Å². The number of fused-ring (bicyclic) bond motifs is 4. The van der Waals surface area contributed by atoms with Crippen LogP contribution in [0.1, 0.15) is 56.8 Å². The molecule has 2 aromatic heterocycles. The molecule has 6 heteroatoms. The minimum atomic E-state index is -0.557. The second-order valence-electron chi connectivity index (χ2n) is 17.6. The molecule has 0 radical (unpaired) electrons. The molecule has 1 aliphatic rings. The monoisotopic (exact) mass is 989 g/mol. The second kappa shape index (κ2) is 16.1. The summed E-state index contributed by atoms with van der Waals surface area (Å²) in [5, 5.41) is 1.90. The molecule has 0 amide bonds. The molecule has 3 heterocycles. The summed E-state index contributed by atoms with van der Waals surface area (Å²) >= 11 is 0. The van der Waals surface area contributed by atoms with Crippen molar-refractivity contribution in [3.63, 3.8) is 0 Å². The first-order chi connectivity index (χ1) is 30.8. The fourth-order valence-corrected chi connectivity index (χ4v) is 8.20. The Labute approximate surface area is 383 Å². The van der Waals surface area contributed by atoms with E-state index < -0.39 is 5.41 Å². The molecule has 0 fully saturated rings. The van der Waals surface area contributed by atoms with Crippen LogP contribution in [0, 0.1) is 18.8 Å². The van der Waals surface area contributed by atoms with Crippen molar-refractivity contribution in [2.45, 2.75) is 52.4 Å². The van der Waals surface area contributed by atoms with Gasteiger partial charge in [0, 0.05) is 72.4 Å². The normalized spacial score (nSPS) is 13.4. The molecule has 10 rings (SSSR count). The van der Waals surface area contributed by atoms with Gasteiger partial charge in [-0.05, 0) is 68.8 Å². The Morgan fingerprint density at radius 3 is 1.87 bits per heavy atom. The van der Waals surface area contributed by atoms with Crippen molar-refractivity contribution < 1.29 is 29.9 Å². The van der Waals surface area contributed by atoms with Crippen molar-refractivity contribution in [1.82, 2.24) is 9.55 Å². The van der Waals surface area contributed by atoms with E-state index in [9.17, 15) is 1.37 Å². The largest absolute Gasteiger partial charge is 0.509 e. The summed E-state index contributed by atoms with van der Waals surface area (Å²) in [5.41, 5.74) is 10.9. The number of rotatable bonds is 7. The molecule has 0 saturated carbocycles. The topological polar surface area (TPSA) is 33.5 Å². The van der Waals surface area contributed by atoms with Gasteiger partial charge in [0.2, 0.25) is 0 Å². The maximum atomic E-state index is 9.43. The van der Waals surface area contributed by atoms with Crippen molar-refractivity contribution >= 4 is 44.6 Å². The summed E-state index contributed by atoms with van der Waals surface area (Å²) in [6, 6.07) is 59.4. The zero-order valence-electron chi connectivity index (χ0n) is 38.5. The summed E-state index contributed by atoms with van der Waals surface area (Å²) in [6.07, 6.45) is -0.172. The van der Waals surface area contributed by atoms with Gasteiger partial charge in [0.05, 0.1) is 4.11 Å². The minimum absolute atomic E-state index is 0. The van der Waals surface area contributed by atoms with Gasteiger partial charge in [-0.3, -0.25) is 0 Å². The first-order valence-corrected chi connectivity index (χ1v) is 20.7. The second-order valence-corrected chi connectivity index (χ2v) is 17.6. The Hall–Kier alpha value is -6.42. The molecule has 0 aliphatic carbocycles. The van der Waals surface area contributed by atoms with Crippen LogP contribution in [0.2, 0.25) is 0 Å². The molecule has 0 saturated heterocycles. The third-order valence-corrected chi connectivity index (χ3v) is 11.4. The number of benzene rings is 7. The van der Waals surface area contributed by atoms with Crippen LogP contribution in [0.4, 0.5) is 22.7 Å². The first kappa shape index (κ1) is 37.3. The van der Waals surface area contributed by atoms with E-state index in [2.05, 4.69) is 164 Å². The number of para-hydroxylation sites is 3. The minimum Gasteiger partial charge on any atom is -0.509 e. The Kier molecular flexibility index (Phi) is 9.71. The molecule has 1 aliphatic heterocycles. The summed E-state index contributed by atoms with van der Waals surface area (Å²) in [6.45, 7) is 14.6. The molecule has 0 atom stereocenters. The Morgan fingerprint density at radius 2 is 1.21 bits per heavy atom. The Bertz CT molecular complexity index is 3190. The van der Waals surface area contributed by atoms with Crippen LogP contribution >= 0.6 is 0 Å². The maximum Gasteiger partial charge on any atom is 0.135 e. The van der Waals surface area contributed by atoms with Gasteiger partial charge in [0.25, 0.3) is 0 Å². The number of anilines is 4. The average molecular weight is 990 g/mol. The van der Waals surface area contributed by atoms with E-state index in [1.54, 1.807) is 0 Å². The molecule has 0 unspecified atom stereocenters. The van der Waals surface area contributed by atoms with Crippen LogP contribution in [-0.4, -0.2) is 9.55 Å². The molecule has 0 bridgehead atoms. The number of hydrogen-bond acceptors (Lipinski definition) is 4. The van der Waals surface area contributed by atoms with Crippen molar-refractivity contribution in [2.24, 2.45) is 0 Å². The van der Waals surface area contributed by atoms with E-state index in [1.165, 1.54) is 5.56 Å². The third-order valence-electron chi connectivity index (χ3n) is 11.4. The first-order valence-electron chi connectivity index (χ1n) is 22.2. The van der Waals surface area contributed by atoms with Crippen LogP contribution in [0.5, 0.6) is 11.5 Å². The molecule has 0 N–H and O–H groups in total. The van der Waals surface area contributed by atoms with E-state index in [0.29, 0.717) is 22.6 Å². The van der Waals surface area contributed by atoms with E-state index >= 15 is 0 Å². The quantitative estimate of drug-likeness (QED) is 0.149. The molecular formula is C56H47N4OPt-3. The van der Waals surface area contributed by atoms with Crippen molar-refractivity contribution in [3.05, 3.63) is 200 Å². The summed E-state index contributed by atoms with van der Waals surface area (Å²) in [5.74, 6) is 1.25. The number of aromatic nitrogens is 2. The summed E-state index contributed by atoms with van der Waals surface area (Å²) in [4.78, 5) is 9.03. The maximum absolute atomic E-state index is 9.43. The van der Waals surface area contributed by atoms with Gasteiger partial charge in [-0.25, -0.2) is 4.98 Å². The van der Waals surface area contributed by atoms with Gasteiger partial charge >= 0.3 is 0 Å². The van der Waals surface area contributed by atoms with E-state index in [4.69, 9.17) is 7.48 Å². The Balaban J connectivity index is 0.00000533. The summed E-state index contributed by atoms with van der Waals surface area (Å²) < 4.78 is 35.5. The molecule has 5 nitrogen and oxygen atoms in total. The fourth-order valence-electron chi connectivity index (χ4n) is 8.20. The van der Waals surface area contributed by atoms with Crippen LogP contribution < -0.4 is 14.5 Å². The number of hydrogen-bond donors (Lipinski definition) is 0. The molecular weight excluding hydrogens is 940 g/mol. The molecule has 62 heavy (non-hydrogen) atoms. The third kappa shape index (κ3) is 7.49. The predicted molar refractivity (Wildman–Crippen MR) is 252 cm³/mol. The predicted octanol–water partition coefficient (Wildman–Crippen LogP) is 14.9. The van der Waals surface area contributed by atoms with Gasteiger partial charge in [-0.1, -0.05) is 150 Å². The fraction of sp³-hybridized carbons (Fsp3) is 0.143. The smallest absolute Gasteiger partial charge is 0.135 e. The van der Waals surface area contributed by atoms with E-state index in [-0.39, 0.29) is 50.6 Å². The number of ether oxygens (including phenoxy) is 1. The number of pyridine rings is 1. The van der Waals surface area contributed by atoms with Gasteiger partial charge in [-0.2, -0.15) is 12.1 Å². The molecule has 310 valence electrons. The van der Waals surface area contributed by atoms with Crippen molar-refractivity contribution in [2.75, 3.05) is 9.80 Å². The molecule has 0 spiro atoms. The van der Waals surface area contributed by atoms with Crippen LogP contribution in [0.15, 0.2) is 170 Å².